The first-order valence-corrected chi connectivity index (χ1v) is 12.4. The molecule has 2 aliphatic rings. The molecule has 0 aromatic heterocycles. The largest absolute Gasteiger partial charge is 0.468 e. The molecule has 186 valence electrons. The molecule has 0 saturated carbocycles. The molecule has 33 heavy (non-hydrogen) atoms. The molecule has 1 saturated heterocycles. The Labute approximate surface area is 207 Å². The average Bonchev–Trinajstić information content (AvgIpc) is 2.80. The fourth-order valence-corrected chi connectivity index (χ4v) is 4.97. The van der Waals surface area contributed by atoms with Gasteiger partial charge in [-0.3, -0.25) is 9.69 Å². The van der Waals surface area contributed by atoms with Crippen LogP contribution in [0.25, 0.3) is 5.57 Å². The van der Waals surface area contributed by atoms with Gasteiger partial charge in [-0.1, -0.05) is 52.3 Å². The Bertz CT molecular complexity index is 795. The van der Waals surface area contributed by atoms with E-state index in [1.807, 2.05) is 0 Å². The molecule has 5 nitrogen and oxygen atoms in total. The summed E-state index contributed by atoms with van der Waals surface area (Å²) >= 11 is 0. The number of benzene rings is 1. The average molecular weight is 478 g/mol. The highest BCUT2D eigenvalue weighted by molar-refractivity contribution is 5.87. The quantitative estimate of drug-likeness (QED) is 0.476. The molecule has 0 amide bonds. The molecule has 1 N–H and O–H groups in total. The van der Waals surface area contributed by atoms with Gasteiger partial charge in [0, 0.05) is 31.7 Å². The summed E-state index contributed by atoms with van der Waals surface area (Å²) in [6, 6.07) is 6.49. The van der Waals surface area contributed by atoms with Crippen molar-refractivity contribution in [2.45, 2.75) is 59.8 Å². The molecule has 0 spiro atoms. The van der Waals surface area contributed by atoms with E-state index in [0.717, 1.165) is 50.6 Å². The van der Waals surface area contributed by atoms with Crippen molar-refractivity contribution in [1.82, 2.24) is 4.90 Å². The number of anilines is 2. The van der Waals surface area contributed by atoms with Gasteiger partial charge in [0.1, 0.15) is 6.54 Å². The number of allylic oxidation sites excluding steroid dienone is 2. The predicted octanol–water partition coefficient (Wildman–Crippen LogP) is 5.85. The van der Waals surface area contributed by atoms with Crippen LogP contribution in [0.2, 0.25) is 0 Å². The number of piperazine rings is 1. The zero-order chi connectivity index (χ0) is 23.1. The summed E-state index contributed by atoms with van der Waals surface area (Å²) in [5.74, 6) is 0.494. The Morgan fingerprint density at radius 1 is 1.18 bits per heavy atom. The van der Waals surface area contributed by atoms with Gasteiger partial charge < -0.3 is 15.0 Å². The Balaban J connectivity index is 0.00000385. The van der Waals surface area contributed by atoms with E-state index in [9.17, 15) is 4.79 Å². The van der Waals surface area contributed by atoms with Crippen LogP contribution >= 0.6 is 12.4 Å². The maximum absolute atomic E-state index is 11.8. The lowest BCUT2D eigenvalue weighted by Crippen LogP contribution is -2.47. The summed E-state index contributed by atoms with van der Waals surface area (Å²) in [5, 5.41) is 3.36. The molecule has 1 aromatic rings. The Hall–Kier alpha value is -1.72. The van der Waals surface area contributed by atoms with Gasteiger partial charge in [-0.25, -0.2) is 0 Å². The smallest absolute Gasteiger partial charge is 0.325 e. The van der Waals surface area contributed by atoms with Gasteiger partial charge >= 0.3 is 5.97 Å². The standard InChI is InChI=1S/C27H43N3O2.ClH/c1-6-7-15-29-16-18-30(19-17-29)26-23(9-8-10-24(26)28-20-25(31)32-5)21-11-13-22(14-12-21)27(2,3)4;/h8-11,22,28H,6-7,12-20H2,1-5H3;1H. The summed E-state index contributed by atoms with van der Waals surface area (Å²) in [5.41, 5.74) is 5.43. The van der Waals surface area contributed by atoms with Crippen molar-refractivity contribution in [3.8, 4) is 0 Å². The highest BCUT2D eigenvalue weighted by atomic mass is 35.5. The number of halogens is 1. The Morgan fingerprint density at radius 3 is 2.48 bits per heavy atom. The first-order valence-electron chi connectivity index (χ1n) is 12.4. The van der Waals surface area contributed by atoms with Crippen molar-refractivity contribution in [2.24, 2.45) is 11.3 Å². The number of nitrogens with one attached hydrogen (secondary N) is 1. The Morgan fingerprint density at radius 2 is 1.91 bits per heavy atom. The third-order valence-electron chi connectivity index (χ3n) is 7.18. The number of rotatable bonds is 8. The summed E-state index contributed by atoms with van der Waals surface area (Å²) in [6.07, 6.45) is 8.48. The zero-order valence-corrected chi connectivity index (χ0v) is 22.1. The van der Waals surface area contributed by atoms with Crippen molar-refractivity contribution in [3.63, 3.8) is 0 Å². The van der Waals surface area contributed by atoms with Gasteiger partial charge in [0.25, 0.3) is 0 Å². The normalized spacial score (nSPS) is 19.5. The number of carbonyl (C=O) groups is 1. The second kappa shape index (κ2) is 12.7. The second-order valence-electron chi connectivity index (χ2n) is 10.4. The van der Waals surface area contributed by atoms with E-state index in [2.05, 4.69) is 67.1 Å². The first-order chi connectivity index (χ1) is 15.3. The number of carbonyl (C=O) groups excluding carboxylic acids is 1. The van der Waals surface area contributed by atoms with Crippen molar-refractivity contribution >= 4 is 35.3 Å². The van der Waals surface area contributed by atoms with Crippen molar-refractivity contribution in [2.75, 3.05) is 56.6 Å². The van der Waals surface area contributed by atoms with E-state index in [1.54, 1.807) is 0 Å². The summed E-state index contributed by atoms with van der Waals surface area (Å²) < 4.78 is 4.87. The molecular formula is C27H44ClN3O2. The van der Waals surface area contributed by atoms with Crippen LogP contribution in [0.1, 0.15) is 65.4 Å². The SMILES string of the molecule is CCCCN1CCN(c2c(NCC(=O)OC)cccc2C2=CCC(C(C)(C)C)CC2)CC1.Cl. The van der Waals surface area contributed by atoms with Gasteiger partial charge in [0.05, 0.1) is 18.5 Å². The lowest BCUT2D eigenvalue weighted by Gasteiger charge is -2.39. The summed E-state index contributed by atoms with van der Waals surface area (Å²) in [4.78, 5) is 16.9. The van der Waals surface area contributed by atoms with Crippen LogP contribution in [-0.4, -0.2) is 57.2 Å². The maximum atomic E-state index is 11.8. The highest BCUT2D eigenvalue weighted by Gasteiger charge is 2.28. The third kappa shape index (κ3) is 7.38. The molecule has 1 atom stereocenters. The number of esters is 1. The molecule has 0 radical (unpaired) electrons. The highest BCUT2D eigenvalue weighted by Crippen LogP contribution is 2.43. The molecule has 1 aliphatic heterocycles. The van der Waals surface area contributed by atoms with Crippen LogP contribution in [0, 0.1) is 11.3 Å². The number of unbranched alkanes of at least 4 members (excludes halogenated alkanes) is 1. The Kier molecular flexibility index (Phi) is 10.6. The molecule has 1 fully saturated rings. The lowest BCUT2D eigenvalue weighted by molar-refractivity contribution is -0.138. The minimum Gasteiger partial charge on any atom is -0.468 e. The van der Waals surface area contributed by atoms with Crippen LogP contribution in [0.5, 0.6) is 0 Å². The van der Waals surface area contributed by atoms with E-state index in [1.165, 1.54) is 49.7 Å². The molecule has 3 rings (SSSR count). The second-order valence-corrected chi connectivity index (χ2v) is 10.4. The topological polar surface area (TPSA) is 44.8 Å². The number of methoxy groups -OCH3 is 1. The number of ether oxygens (including phenoxy) is 1. The van der Waals surface area contributed by atoms with Crippen LogP contribution < -0.4 is 10.2 Å². The van der Waals surface area contributed by atoms with E-state index < -0.39 is 0 Å². The minimum atomic E-state index is -0.240. The van der Waals surface area contributed by atoms with Gasteiger partial charge in [-0.05, 0) is 55.2 Å². The fourth-order valence-electron chi connectivity index (χ4n) is 4.97. The van der Waals surface area contributed by atoms with Gasteiger partial charge in [0.2, 0.25) is 0 Å². The van der Waals surface area contributed by atoms with Crippen molar-refractivity contribution in [1.29, 1.82) is 0 Å². The zero-order valence-electron chi connectivity index (χ0n) is 21.3. The monoisotopic (exact) mass is 477 g/mol. The summed E-state index contributed by atoms with van der Waals surface area (Å²) in [7, 11) is 1.44. The van der Waals surface area contributed by atoms with Crippen molar-refractivity contribution < 1.29 is 9.53 Å². The first kappa shape index (κ1) is 27.5. The maximum Gasteiger partial charge on any atom is 0.325 e. The van der Waals surface area contributed by atoms with Crippen LogP contribution in [0.15, 0.2) is 24.3 Å². The number of nitrogens with zero attached hydrogens (tertiary/aromatic N) is 2. The minimum absolute atomic E-state index is 0. The van der Waals surface area contributed by atoms with E-state index >= 15 is 0 Å². The van der Waals surface area contributed by atoms with Crippen LogP contribution in [0.3, 0.4) is 0 Å². The van der Waals surface area contributed by atoms with E-state index in [0.29, 0.717) is 5.41 Å². The van der Waals surface area contributed by atoms with Crippen LogP contribution in [0.4, 0.5) is 11.4 Å². The molecule has 1 aliphatic carbocycles. The third-order valence-corrected chi connectivity index (χ3v) is 7.18. The molecule has 0 bridgehead atoms. The van der Waals surface area contributed by atoms with Crippen LogP contribution in [-0.2, 0) is 9.53 Å². The molecule has 1 heterocycles. The fraction of sp³-hybridized carbons (Fsp3) is 0.667. The number of para-hydroxylation sites is 1. The van der Waals surface area contributed by atoms with Gasteiger partial charge in [-0.15, -0.1) is 12.4 Å². The number of hydrogen-bond acceptors (Lipinski definition) is 5. The lowest BCUT2D eigenvalue weighted by atomic mass is 9.72. The molecule has 1 unspecified atom stereocenters. The van der Waals surface area contributed by atoms with Gasteiger partial charge in [-0.2, -0.15) is 0 Å². The van der Waals surface area contributed by atoms with Gasteiger partial charge in [0.15, 0.2) is 0 Å². The molecular weight excluding hydrogens is 434 g/mol. The predicted molar refractivity (Wildman–Crippen MR) is 143 cm³/mol. The molecule has 6 heteroatoms. The number of hydrogen-bond donors (Lipinski definition) is 1. The van der Waals surface area contributed by atoms with E-state index in [-0.39, 0.29) is 24.9 Å². The van der Waals surface area contributed by atoms with Crippen molar-refractivity contribution in [3.05, 3.63) is 29.8 Å². The molecule has 1 aromatic carbocycles. The summed E-state index contributed by atoms with van der Waals surface area (Å²) in [6.45, 7) is 14.9. The van der Waals surface area contributed by atoms with E-state index in [4.69, 9.17) is 4.74 Å².